The molecule has 1 saturated heterocycles. The fourth-order valence-electron chi connectivity index (χ4n) is 2.65. The Kier molecular flexibility index (Phi) is 5.04. The van der Waals surface area contributed by atoms with Gasteiger partial charge in [-0.15, -0.1) is 0 Å². The summed E-state index contributed by atoms with van der Waals surface area (Å²) in [5.41, 5.74) is 1.21. The van der Waals surface area contributed by atoms with E-state index in [9.17, 15) is 0 Å². The van der Waals surface area contributed by atoms with Gasteiger partial charge in [0.15, 0.2) is 0 Å². The van der Waals surface area contributed by atoms with Crippen molar-refractivity contribution < 1.29 is 0 Å². The SMILES string of the molecule is CCC1(CC)CN(c2ccc(Br)c(Cl)c2Cl)CCN1. The highest BCUT2D eigenvalue weighted by Crippen LogP contribution is 2.38. The third-order valence-corrected chi connectivity index (χ3v) is 5.85. The minimum absolute atomic E-state index is 0.182. The summed E-state index contributed by atoms with van der Waals surface area (Å²) < 4.78 is 0.843. The van der Waals surface area contributed by atoms with E-state index in [1.165, 1.54) is 0 Å². The second-order valence-corrected chi connectivity index (χ2v) is 6.64. The summed E-state index contributed by atoms with van der Waals surface area (Å²) in [5.74, 6) is 0. The van der Waals surface area contributed by atoms with E-state index in [0.717, 1.165) is 42.6 Å². The molecule has 0 amide bonds. The molecule has 0 unspecified atom stereocenters. The maximum Gasteiger partial charge on any atom is 0.0837 e. The molecule has 1 fully saturated rings. The molecule has 2 nitrogen and oxygen atoms in total. The molecule has 0 atom stereocenters. The van der Waals surface area contributed by atoms with Gasteiger partial charge in [-0.05, 0) is 40.9 Å². The van der Waals surface area contributed by atoms with E-state index < -0.39 is 0 Å². The molecule has 0 spiro atoms. The average molecular weight is 366 g/mol. The highest BCUT2D eigenvalue weighted by molar-refractivity contribution is 9.10. The standard InChI is InChI=1S/C14H19BrCl2N2/c1-3-14(4-2)9-19(8-7-18-14)11-6-5-10(15)12(16)13(11)17/h5-6,18H,3-4,7-9H2,1-2H3. The lowest BCUT2D eigenvalue weighted by Crippen LogP contribution is -2.60. The number of rotatable bonds is 3. The Morgan fingerprint density at radius 2 is 1.95 bits per heavy atom. The van der Waals surface area contributed by atoms with E-state index in [1.54, 1.807) is 0 Å². The molecular weight excluding hydrogens is 347 g/mol. The summed E-state index contributed by atoms with van der Waals surface area (Å²) in [6, 6.07) is 4.00. The van der Waals surface area contributed by atoms with E-state index >= 15 is 0 Å². The Hall–Kier alpha value is 0.0400. The van der Waals surface area contributed by atoms with Crippen LogP contribution in [0, 0.1) is 0 Å². The molecule has 5 heteroatoms. The average Bonchev–Trinajstić information content (AvgIpc) is 2.45. The Balaban J connectivity index is 2.30. The van der Waals surface area contributed by atoms with Crippen molar-refractivity contribution in [3.05, 3.63) is 26.7 Å². The summed E-state index contributed by atoms with van der Waals surface area (Å²) >= 11 is 16.0. The zero-order valence-electron chi connectivity index (χ0n) is 11.3. The van der Waals surface area contributed by atoms with Crippen molar-refractivity contribution in [3.63, 3.8) is 0 Å². The van der Waals surface area contributed by atoms with E-state index in [0.29, 0.717) is 10.0 Å². The highest BCUT2D eigenvalue weighted by Gasteiger charge is 2.32. The predicted octanol–water partition coefficient (Wildman–Crippen LogP) is 4.72. The van der Waals surface area contributed by atoms with Crippen molar-refractivity contribution >= 4 is 44.8 Å². The fraction of sp³-hybridized carbons (Fsp3) is 0.571. The monoisotopic (exact) mass is 364 g/mol. The first-order valence-corrected chi connectivity index (χ1v) is 8.21. The molecule has 0 saturated carbocycles. The van der Waals surface area contributed by atoms with Crippen LogP contribution in [0.5, 0.6) is 0 Å². The lowest BCUT2D eigenvalue weighted by molar-refractivity contribution is 0.277. The first-order valence-electron chi connectivity index (χ1n) is 6.66. The van der Waals surface area contributed by atoms with Gasteiger partial charge in [0, 0.05) is 29.6 Å². The summed E-state index contributed by atoms with van der Waals surface area (Å²) in [5, 5.41) is 4.88. The van der Waals surface area contributed by atoms with Crippen molar-refractivity contribution in [2.75, 3.05) is 24.5 Å². The van der Waals surface area contributed by atoms with Crippen LogP contribution in [0.25, 0.3) is 0 Å². The second kappa shape index (κ2) is 6.21. The topological polar surface area (TPSA) is 15.3 Å². The zero-order chi connectivity index (χ0) is 14.0. The molecule has 1 N–H and O–H groups in total. The van der Waals surface area contributed by atoms with Gasteiger partial charge in [0.2, 0.25) is 0 Å². The van der Waals surface area contributed by atoms with Crippen molar-refractivity contribution in [2.45, 2.75) is 32.2 Å². The molecule has 1 aromatic carbocycles. The number of piperazine rings is 1. The Labute approximate surface area is 133 Å². The van der Waals surface area contributed by atoms with Gasteiger partial charge in [0.1, 0.15) is 0 Å². The highest BCUT2D eigenvalue weighted by atomic mass is 79.9. The number of anilines is 1. The largest absolute Gasteiger partial charge is 0.367 e. The van der Waals surface area contributed by atoms with Gasteiger partial charge in [-0.1, -0.05) is 37.0 Å². The minimum Gasteiger partial charge on any atom is -0.367 e. The zero-order valence-corrected chi connectivity index (χ0v) is 14.4. The molecule has 1 heterocycles. The second-order valence-electron chi connectivity index (χ2n) is 5.03. The normalized spacial score (nSPS) is 18.7. The van der Waals surface area contributed by atoms with Gasteiger partial charge < -0.3 is 10.2 Å². The molecule has 2 rings (SSSR count). The molecule has 0 bridgehead atoms. The fourth-order valence-corrected chi connectivity index (χ4v) is 3.53. The van der Waals surface area contributed by atoms with Crippen LogP contribution in [0.15, 0.2) is 16.6 Å². The molecule has 0 radical (unpaired) electrons. The van der Waals surface area contributed by atoms with Crippen molar-refractivity contribution in [2.24, 2.45) is 0 Å². The van der Waals surface area contributed by atoms with Crippen molar-refractivity contribution in [1.29, 1.82) is 0 Å². The Morgan fingerprint density at radius 1 is 1.26 bits per heavy atom. The Morgan fingerprint density at radius 3 is 2.58 bits per heavy atom. The van der Waals surface area contributed by atoms with Crippen LogP contribution in [0.1, 0.15) is 26.7 Å². The van der Waals surface area contributed by atoms with E-state index in [4.69, 9.17) is 23.2 Å². The van der Waals surface area contributed by atoms with Crippen LogP contribution < -0.4 is 10.2 Å². The lowest BCUT2D eigenvalue weighted by atomic mass is 9.90. The first-order chi connectivity index (χ1) is 9.03. The van der Waals surface area contributed by atoms with Gasteiger partial charge in [-0.3, -0.25) is 0 Å². The summed E-state index contributed by atoms with van der Waals surface area (Å²) in [6.45, 7) is 7.37. The summed E-state index contributed by atoms with van der Waals surface area (Å²) in [7, 11) is 0. The van der Waals surface area contributed by atoms with Gasteiger partial charge in [0.05, 0.1) is 15.7 Å². The van der Waals surface area contributed by atoms with Crippen LogP contribution >= 0.6 is 39.1 Å². The Bertz CT molecular complexity index is 461. The van der Waals surface area contributed by atoms with Crippen LogP contribution in [-0.4, -0.2) is 25.2 Å². The molecule has 0 aliphatic carbocycles. The van der Waals surface area contributed by atoms with Crippen molar-refractivity contribution in [1.82, 2.24) is 5.32 Å². The molecule has 1 aliphatic rings. The summed E-state index contributed by atoms with van der Waals surface area (Å²) in [4.78, 5) is 2.34. The van der Waals surface area contributed by atoms with Crippen LogP contribution in [0.3, 0.4) is 0 Å². The van der Waals surface area contributed by atoms with E-state index in [-0.39, 0.29) is 5.54 Å². The molecule has 106 valence electrons. The maximum atomic E-state index is 6.39. The maximum absolute atomic E-state index is 6.39. The van der Waals surface area contributed by atoms with E-state index in [1.807, 2.05) is 12.1 Å². The lowest BCUT2D eigenvalue weighted by Gasteiger charge is -2.44. The number of nitrogens with zero attached hydrogens (tertiary/aromatic N) is 1. The number of hydrogen-bond donors (Lipinski definition) is 1. The third kappa shape index (κ3) is 3.05. The van der Waals surface area contributed by atoms with Crippen LogP contribution in [0.4, 0.5) is 5.69 Å². The molecule has 19 heavy (non-hydrogen) atoms. The van der Waals surface area contributed by atoms with Gasteiger partial charge in [-0.2, -0.15) is 0 Å². The molecule has 1 aromatic rings. The van der Waals surface area contributed by atoms with Gasteiger partial charge >= 0.3 is 0 Å². The smallest absolute Gasteiger partial charge is 0.0837 e. The predicted molar refractivity (Wildman–Crippen MR) is 87.7 cm³/mol. The number of nitrogens with one attached hydrogen (secondary N) is 1. The van der Waals surface area contributed by atoms with E-state index in [2.05, 4.69) is 40.0 Å². The molecule has 1 aliphatic heterocycles. The van der Waals surface area contributed by atoms with Crippen molar-refractivity contribution in [3.8, 4) is 0 Å². The minimum atomic E-state index is 0.182. The molecular formula is C14H19BrCl2N2. The number of benzene rings is 1. The number of hydrogen-bond acceptors (Lipinski definition) is 2. The van der Waals surface area contributed by atoms with Crippen LogP contribution in [0.2, 0.25) is 10.0 Å². The molecule has 0 aromatic heterocycles. The van der Waals surface area contributed by atoms with Gasteiger partial charge in [0.25, 0.3) is 0 Å². The quantitative estimate of drug-likeness (QED) is 0.779. The van der Waals surface area contributed by atoms with Crippen LogP contribution in [-0.2, 0) is 0 Å². The number of halogens is 3. The van der Waals surface area contributed by atoms with Gasteiger partial charge in [-0.25, -0.2) is 0 Å². The summed E-state index contributed by atoms with van der Waals surface area (Å²) in [6.07, 6.45) is 2.23. The third-order valence-electron chi connectivity index (χ3n) is 4.08. The first kappa shape index (κ1) is 15.4.